The molecule has 2 heterocycles. The summed E-state index contributed by atoms with van der Waals surface area (Å²) in [6, 6.07) is 6.63. The van der Waals surface area contributed by atoms with Crippen LogP contribution < -0.4 is 10.5 Å². The van der Waals surface area contributed by atoms with Crippen molar-refractivity contribution < 1.29 is 4.74 Å². The van der Waals surface area contributed by atoms with Gasteiger partial charge < -0.3 is 15.4 Å². The molecule has 0 unspecified atom stereocenters. The third kappa shape index (κ3) is 2.31. The molecule has 0 aliphatic carbocycles. The minimum atomic E-state index is 0.739. The summed E-state index contributed by atoms with van der Waals surface area (Å²) >= 11 is 0. The van der Waals surface area contributed by atoms with E-state index in [-0.39, 0.29) is 0 Å². The molecule has 0 bridgehead atoms. The highest BCUT2D eigenvalue weighted by atomic mass is 16.5. The van der Waals surface area contributed by atoms with Crippen molar-refractivity contribution in [2.75, 3.05) is 32.8 Å². The zero-order chi connectivity index (χ0) is 11.7. The van der Waals surface area contributed by atoms with Gasteiger partial charge in [0.2, 0.25) is 0 Å². The number of hydrogen-bond acceptors (Lipinski definition) is 3. The maximum absolute atomic E-state index is 5.62. The van der Waals surface area contributed by atoms with Gasteiger partial charge in [-0.05, 0) is 36.1 Å². The van der Waals surface area contributed by atoms with Crippen molar-refractivity contribution >= 4 is 0 Å². The number of fused-ring (bicyclic) bond motifs is 1. The van der Waals surface area contributed by atoms with E-state index < -0.39 is 0 Å². The van der Waals surface area contributed by atoms with Gasteiger partial charge in [-0.15, -0.1) is 0 Å². The van der Waals surface area contributed by atoms with Gasteiger partial charge in [0.05, 0.1) is 6.61 Å². The fourth-order valence-electron chi connectivity index (χ4n) is 2.69. The molecule has 0 atom stereocenters. The molecule has 2 aliphatic rings. The molecule has 0 amide bonds. The first kappa shape index (κ1) is 11.1. The van der Waals surface area contributed by atoms with Gasteiger partial charge in [-0.3, -0.25) is 0 Å². The van der Waals surface area contributed by atoms with Crippen molar-refractivity contribution in [3.8, 4) is 5.75 Å². The van der Waals surface area contributed by atoms with E-state index in [1.54, 1.807) is 0 Å². The van der Waals surface area contributed by atoms with Crippen molar-refractivity contribution in [1.29, 1.82) is 0 Å². The first-order valence-corrected chi connectivity index (χ1v) is 6.52. The van der Waals surface area contributed by atoms with E-state index in [2.05, 4.69) is 23.1 Å². The average molecular weight is 232 g/mol. The lowest BCUT2D eigenvalue weighted by Crippen LogP contribution is -2.50. The normalized spacial score (nSPS) is 19.8. The quantitative estimate of drug-likeness (QED) is 0.843. The van der Waals surface area contributed by atoms with Gasteiger partial charge in [0.25, 0.3) is 0 Å². The van der Waals surface area contributed by atoms with Crippen LogP contribution in [0, 0.1) is 5.92 Å². The molecule has 1 aromatic carbocycles. The van der Waals surface area contributed by atoms with E-state index in [0.29, 0.717) is 0 Å². The van der Waals surface area contributed by atoms with E-state index in [1.807, 2.05) is 0 Å². The van der Waals surface area contributed by atoms with Crippen molar-refractivity contribution in [3.05, 3.63) is 29.3 Å². The van der Waals surface area contributed by atoms with Crippen LogP contribution in [0.15, 0.2) is 18.2 Å². The first-order chi connectivity index (χ1) is 8.35. The maximum atomic E-state index is 5.62. The molecule has 2 aliphatic heterocycles. The first-order valence-electron chi connectivity index (χ1n) is 6.52. The van der Waals surface area contributed by atoms with E-state index in [1.165, 1.54) is 24.2 Å². The second-order valence-electron chi connectivity index (χ2n) is 5.15. The molecule has 2 N–H and O–H groups in total. The molecule has 0 radical (unpaired) electrons. The third-order valence-electron chi connectivity index (χ3n) is 3.84. The Morgan fingerprint density at radius 3 is 3.06 bits per heavy atom. The molecule has 1 aromatic rings. The molecule has 3 rings (SSSR count). The van der Waals surface area contributed by atoms with Crippen LogP contribution in [-0.4, -0.2) is 37.7 Å². The summed E-state index contributed by atoms with van der Waals surface area (Å²) in [7, 11) is 0. The molecule has 0 spiro atoms. The highest BCUT2D eigenvalue weighted by Gasteiger charge is 2.24. The Morgan fingerprint density at radius 1 is 1.35 bits per heavy atom. The van der Waals surface area contributed by atoms with Crippen molar-refractivity contribution in [2.45, 2.75) is 12.8 Å². The van der Waals surface area contributed by atoms with E-state index >= 15 is 0 Å². The Hall–Kier alpha value is -1.06. The lowest BCUT2D eigenvalue weighted by molar-refractivity contribution is 0.108. The third-order valence-corrected chi connectivity index (χ3v) is 3.84. The van der Waals surface area contributed by atoms with E-state index in [0.717, 1.165) is 44.2 Å². The largest absolute Gasteiger partial charge is 0.493 e. The smallest absolute Gasteiger partial charge is 0.122 e. The summed E-state index contributed by atoms with van der Waals surface area (Å²) in [4.78, 5) is 2.49. The van der Waals surface area contributed by atoms with Crippen molar-refractivity contribution in [1.82, 2.24) is 4.90 Å². The van der Waals surface area contributed by atoms with Gasteiger partial charge in [0, 0.05) is 26.1 Å². The molecule has 1 saturated heterocycles. The van der Waals surface area contributed by atoms with Crippen LogP contribution in [0.3, 0.4) is 0 Å². The summed E-state index contributed by atoms with van der Waals surface area (Å²) < 4.78 is 5.52. The predicted molar refractivity (Wildman–Crippen MR) is 68.3 cm³/mol. The van der Waals surface area contributed by atoms with Gasteiger partial charge in [0.15, 0.2) is 0 Å². The van der Waals surface area contributed by atoms with Crippen molar-refractivity contribution in [2.24, 2.45) is 11.7 Å². The van der Waals surface area contributed by atoms with Gasteiger partial charge in [-0.25, -0.2) is 0 Å². The monoisotopic (exact) mass is 232 g/mol. The van der Waals surface area contributed by atoms with Crippen LogP contribution in [0.1, 0.15) is 11.1 Å². The number of hydrogen-bond donors (Lipinski definition) is 1. The molecule has 92 valence electrons. The number of ether oxygens (including phenoxy) is 1. The van der Waals surface area contributed by atoms with Gasteiger partial charge >= 0.3 is 0 Å². The molecule has 3 heteroatoms. The second kappa shape index (κ2) is 4.67. The Labute approximate surface area is 103 Å². The molecular weight excluding hydrogens is 212 g/mol. The number of benzene rings is 1. The van der Waals surface area contributed by atoms with Crippen LogP contribution in [0.25, 0.3) is 0 Å². The summed E-state index contributed by atoms with van der Waals surface area (Å²) in [5, 5.41) is 0. The van der Waals surface area contributed by atoms with Crippen LogP contribution in [0.5, 0.6) is 5.75 Å². The highest BCUT2D eigenvalue weighted by molar-refractivity contribution is 5.39. The maximum Gasteiger partial charge on any atom is 0.122 e. The van der Waals surface area contributed by atoms with Crippen LogP contribution in [0.2, 0.25) is 0 Å². The zero-order valence-electron chi connectivity index (χ0n) is 10.2. The van der Waals surface area contributed by atoms with Crippen molar-refractivity contribution in [3.63, 3.8) is 0 Å². The van der Waals surface area contributed by atoms with Gasteiger partial charge in [-0.2, -0.15) is 0 Å². The fraction of sp³-hybridized carbons (Fsp3) is 0.571. The summed E-state index contributed by atoms with van der Waals surface area (Å²) in [5.74, 6) is 1.82. The van der Waals surface area contributed by atoms with Gasteiger partial charge in [-0.1, -0.05) is 12.1 Å². The van der Waals surface area contributed by atoms with E-state index in [4.69, 9.17) is 10.5 Å². The zero-order valence-corrected chi connectivity index (χ0v) is 10.2. The molecule has 0 aromatic heterocycles. The fourth-order valence-corrected chi connectivity index (χ4v) is 2.69. The summed E-state index contributed by atoms with van der Waals surface area (Å²) in [5.41, 5.74) is 8.44. The highest BCUT2D eigenvalue weighted by Crippen LogP contribution is 2.26. The number of likely N-dealkylation sites (tertiary alicyclic amines) is 1. The Morgan fingerprint density at radius 2 is 2.24 bits per heavy atom. The summed E-state index contributed by atoms with van der Waals surface area (Å²) in [6.07, 6.45) is 2.21. The molecule has 0 saturated carbocycles. The topological polar surface area (TPSA) is 38.5 Å². The van der Waals surface area contributed by atoms with Crippen LogP contribution in [-0.2, 0) is 12.8 Å². The molecular formula is C14H20N2O. The Balaban J connectivity index is 1.52. The lowest BCUT2D eigenvalue weighted by Gasteiger charge is -2.38. The van der Waals surface area contributed by atoms with Crippen LogP contribution >= 0.6 is 0 Å². The molecule has 3 nitrogen and oxygen atoms in total. The SMILES string of the molecule is NCC1CN(CCc2ccc3c(c2)CCO3)C1. The average Bonchev–Trinajstić information content (AvgIpc) is 2.74. The Kier molecular flexibility index (Phi) is 3.04. The standard InChI is InChI=1S/C14H20N2O/c15-8-12-9-16(10-12)5-3-11-1-2-14-13(7-11)4-6-17-14/h1-2,7,12H,3-6,8-10,15H2. The predicted octanol–water partition coefficient (Wildman–Crippen LogP) is 1.05. The second-order valence-corrected chi connectivity index (χ2v) is 5.15. The lowest BCUT2D eigenvalue weighted by atomic mass is 9.99. The molecule has 1 fully saturated rings. The van der Waals surface area contributed by atoms with Crippen LogP contribution in [0.4, 0.5) is 0 Å². The number of rotatable bonds is 4. The summed E-state index contributed by atoms with van der Waals surface area (Å²) in [6.45, 7) is 5.22. The minimum Gasteiger partial charge on any atom is -0.493 e. The van der Waals surface area contributed by atoms with E-state index in [9.17, 15) is 0 Å². The minimum absolute atomic E-state index is 0.739. The number of nitrogens with two attached hydrogens (primary N) is 1. The Bertz CT molecular complexity index is 399. The number of nitrogens with zero attached hydrogens (tertiary/aromatic N) is 1. The van der Waals surface area contributed by atoms with Gasteiger partial charge in [0.1, 0.15) is 5.75 Å². The molecule has 17 heavy (non-hydrogen) atoms.